The highest BCUT2D eigenvalue weighted by Crippen LogP contribution is 2.31. The molecule has 0 bridgehead atoms. The van der Waals surface area contributed by atoms with Crippen molar-refractivity contribution in [3.8, 4) is 0 Å². The van der Waals surface area contributed by atoms with Crippen LogP contribution in [0.3, 0.4) is 0 Å². The molecule has 1 aliphatic rings. The highest BCUT2D eigenvalue weighted by Gasteiger charge is 2.33. The second-order valence-corrected chi connectivity index (χ2v) is 7.17. The maximum Gasteiger partial charge on any atom is 0.254 e. The first kappa shape index (κ1) is 14.1. The van der Waals surface area contributed by atoms with Crippen LogP contribution in [0.1, 0.15) is 28.1 Å². The molecule has 2 aromatic rings. The minimum absolute atomic E-state index is 0.0651. The number of benzene rings is 1. The fourth-order valence-electron chi connectivity index (χ4n) is 2.12. The molecule has 1 aromatic carbocycles. The van der Waals surface area contributed by atoms with Gasteiger partial charge in [-0.2, -0.15) is 0 Å². The normalized spacial score (nSPS) is 14.3. The Bertz CT molecular complexity index is 625. The summed E-state index contributed by atoms with van der Waals surface area (Å²) in [5, 5.41) is 2.62. The van der Waals surface area contributed by atoms with E-state index < -0.39 is 0 Å². The quantitative estimate of drug-likeness (QED) is 0.744. The third kappa shape index (κ3) is 3.08. The molecule has 1 aliphatic carbocycles. The summed E-state index contributed by atoms with van der Waals surface area (Å²) >= 11 is 11.1. The molecule has 0 atom stereocenters. The zero-order valence-electron chi connectivity index (χ0n) is 10.7. The minimum atomic E-state index is 0.0651. The molecule has 5 heteroatoms. The van der Waals surface area contributed by atoms with Crippen LogP contribution in [-0.2, 0) is 6.54 Å². The molecule has 104 valence electrons. The summed E-state index contributed by atoms with van der Waals surface area (Å²) in [6.07, 6.45) is 2.20. The average Bonchev–Trinajstić information content (AvgIpc) is 3.15. The number of rotatable bonds is 4. The second-order valence-electron chi connectivity index (χ2n) is 4.87. The van der Waals surface area contributed by atoms with Crippen LogP contribution in [0.5, 0.6) is 0 Å². The van der Waals surface area contributed by atoms with Gasteiger partial charge in [0, 0.05) is 21.0 Å². The van der Waals surface area contributed by atoms with Crippen molar-refractivity contribution in [3.63, 3.8) is 0 Å². The van der Waals surface area contributed by atoms with E-state index in [0.717, 1.165) is 17.3 Å². The Hall–Kier alpha value is -0.840. The molecule has 0 spiro atoms. The monoisotopic (exact) mass is 369 g/mol. The standard InChI is InChI=1S/C15H13BrClNOS/c16-13-6-3-10(8-14(13)17)15(19)18(11-4-5-11)9-12-2-1-7-20-12/h1-3,6-8,11H,4-5,9H2. The molecule has 0 N–H and O–H groups in total. The smallest absolute Gasteiger partial charge is 0.254 e. The third-order valence-corrected chi connectivity index (χ3v) is 5.41. The van der Waals surface area contributed by atoms with E-state index in [9.17, 15) is 4.79 Å². The molecule has 0 unspecified atom stereocenters. The summed E-state index contributed by atoms with van der Waals surface area (Å²) in [7, 11) is 0. The lowest BCUT2D eigenvalue weighted by Gasteiger charge is -2.22. The Kier molecular flexibility index (Phi) is 4.15. The Balaban J connectivity index is 1.83. The molecular weight excluding hydrogens is 358 g/mol. The number of hydrogen-bond acceptors (Lipinski definition) is 2. The predicted octanol–water partition coefficient (Wildman–Crippen LogP) is 4.97. The van der Waals surface area contributed by atoms with Crippen LogP contribution < -0.4 is 0 Å². The lowest BCUT2D eigenvalue weighted by molar-refractivity contribution is 0.0731. The van der Waals surface area contributed by atoms with E-state index in [-0.39, 0.29) is 5.91 Å². The number of hydrogen-bond donors (Lipinski definition) is 0. The first-order chi connectivity index (χ1) is 9.65. The number of carbonyl (C=O) groups excluding carboxylic acids is 1. The largest absolute Gasteiger partial charge is 0.331 e. The molecule has 1 heterocycles. The van der Waals surface area contributed by atoms with Gasteiger partial charge in [0.2, 0.25) is 0 Å². The van der Waals surface area contributed by atoms with Gasteiger partial charge < -0.3 is 4.90 Å². The van der Waals surface area contributed by atoms with E-state index in [4.69, 9.17) is 11.6 Å². The molecule has 3 rings (SSSR count). The van der Waals surface area contributed by atoms with Crippen LogP contribution in [0.15, 0.2) is 40.2 Å². The summed E-state index contributed by atoms with van der Waals surface area (Å²) in [5.41, 5.74) is 0.654. The molecule has 0 saturated heterocycles. The Morgan fingerprint density at radius 2 is 2.20 bits per heavy atom. The van der Waals surface area contributed by atoms with Crippen molar-refractivity contribution in [1.29, 1.82) is 0 Å². The van der Waals surface area contributed by atoms with Crippen molar-refractivity contribution in [2.24, 2.45) is 0 Å². The molecule has 1 aromatic heterocycles. The van der Waals surface area contributed by atoms with Gasteiger partial charge in [-0.1, -0.05) is 17.7 Å². The van der Waals surface area contributed by atoms with Crippen molar-refractivity contribution >= 4 is 44.8 Å². The average molecular weight is 371 g/mol. The van der Waals surface area contributed by atoms with Crippen LogP contribution >= 0.6 is 38.9 Å². The highest BCUT2D eigenvalue weighted by atomic mass is 79.9. The molecule has 2 nitrogen and oxygen atoms in total. The van der Waals surface area contributed by atoms with Crippen LogP contribution in [0.4, 0.5) is 0 Å². The summed E-state index contributed by atoms with van der Waals surface area (Å²) in [6.45, 7) is 0.689. The van der Waals surface area contributed by atoms with E-state index in [1.165, 1.54) is 4.88 Å². The third-order valence-electron chi connectivity index (χ3n) is 3.32. The van der Waals surface area contributed by atoms with Gasteiger partial charge in [0.1, 0.15) is 0 Å². The SMILES string of the molecule is O=C(c1ccc(Br)c(Cl)c1)N(Cc1cccs1)C1CC1. The molecule has 0 radical (unpaired) electrons. The summed E-state index contributed by atoms with van der Waals surface area (Å²) < 4.78 is 0.812. The number of halogens is 2. The van der Waals surface area contributed by atoms with Crippen LogP contribution in [0.25, 0.3) is 0 Å². The zero-order chi connectivity index (χ0) is 14.1. The van der Waals surface area contributed by atoms with Crippen LogP contribution in [0, 0.1) is 0 Å². The first-order valence-electron chi connectivity index (χ1n) is 6.43. The minimum Gasteiger partial charge on any atom is -0.331 e. The maximum absolute atomic E-state index is 12.7. The number of nitrogens with zero attached hydrogens (tertiary/aromatic N) is 1. The van der Waals surface area contributed by atoms with Crippen LogP contribution in [0.2, 0.25) is 5.02 Å². The Labute approximate surface area is 135 Å². The fraction of sp³-hybridized carbons (Fsp3) is 0.267. The summed E-state index contributed by atoms with van der Waals surface area (Å²) in [4.78, 5) is 15.9. The number of carbonyl (C=O) groups is 1. The lowest BCUT2D eigenvalue weighted by atomic mass is 10.2. The zero-order valence-corrected chi connectivity index (χ0v) is 13.8. The molecule has 1 saturated carbocycles. The molecule has 20 heavy (non-hydrogen) atoms. The van der Waals surface area contributed by atoms with Crippen molar-refractivity contribution in [1.82, 2.24) is 4.90 Å². The van der Waals surface area contributed by atoms with Gasteiger partial charge in [0.15, 0.2) is 0 Å². The molecule has 0 aliphatic heterocycles. The van der Waals surface area contributed by atoms with E-state index in [0.29, 0.717) is 23.2 Å². The molecule has 1 amide bonds. The lowest BCUT2D eigenvalue weighted by Crippen LogP contribution is -2.32. The van der Waals surface area contributed by atoms with Gasteiger partial charge in [-0.25, -0.2) is 0 Å². The van der Waals surface area contributed by atoms with E-state index in [1.54, 1.807) is 17.4 Å². The number of amides is 1. The maximum atomic E-state index is 12.7. The first-order valence-corrected chi connectivity index (χ1v) is 8.48. The van der Waals surface area contributed by atoms with Crippen molar-refractivity contribution < 1.29 is 4.79 Å². The van der Waals surface area contributed by atoms with Crippen molar-refractivity contribution in [2.45, 2.75) is 25.4 Å². The highest BCUT2D eigenvalue weighted by molar-refractivity contribution is 9.10. The van der Waals surface area contributed by atoms with Gasteiger partial charge in [-0.3, -0.25) is 4.79 Å². The fourth-order valence-corrected chi connectivity index (χ4v) is 3.25. The van der Waals surface area contributed by atoms with Gasteiger partial charge in [-0.05, 0) is 58.4 Å². The Morgan fingerprint density at radius 1 is 1.40 bits per heavy atom. The van der Waals surface area contributed by atoms with Crippen LogP contribution in [-0.4, -0.2) is 16.8 Å². The summed E-state index contributed by atoms with van der Waals surface area (Å²) in [6, 6.07) is 9.85. The predicted molar refractivity (Wildman–Crippen MR) is 86.4 cm³/mol. The molecule has 1 fully saturated rings. The van der Waals surface area contributed by atoms with Gasteiger partial charge >= 0.3 is 0 Å². The second kappa shape index (κ2) is 5.88. The topological polar surface area (TPSA) is 20.3 Å². The van der Waals surface area contributed by atoms with Crippen molar-refractivity contribution in [3.05, 3.63) is 55.6 Å². The van der Waals surface area contributed by atoms with Gasteiger partial charge in [0.25, 0.3) is 5.91 Å². The van der Waals surface area contributed by atoms with E-state index in [2.05, 4.69) is 22.0 Å². The van der Waals surface area contributed by atoms with Gasteiger partial charge in [-0.15, -0.1) is 11.3 Å². The van der Waals surface area contributed by atoms with E-state index >= 15 is 0 Å². The van der Waals surface area contributed by atoms with E-state index in [1.807, 2.05) is 28.5 Å². The van der Waals surface area contributed by atoms with Crippen molar-refractivity contribution in [2.75, 3.05) is 0 Å². The summed E-state index contributed by atoms with van der Waals surface area (Å²) in [5.74, 6) is 0.0651. The Morgan fingerprint density at radius 3 is 2.80 bits per heavy atom. The molecular formula is C15H13BrClNOS. The number of thiophene rings is 1. The van der Waals surface area contributed by atoms with Gasteiger partial charge in [0.05, 0.1) is 11.6 Å².